The van der Waals surface area contributed by atoms with Crippen molar-refractivity contribution >= 4 is 17.9 Å². The van der Waals surface area contributed by atoms with Gasteiger partial charge in [0.05, 0.1) is 0 Å². The number of rotatable bonds is 38. The minimum Gasteiger partial charge on any atom is -0.462 e. The van der Waals surface area contributed by atoms with E-state index in [1.165, 1.54) is 0 Å². The molecule has 0 aliphatic carbocycles. The lowest BCUT2D eigenvalue weighted by Gasteiger charge is -2.18. The van der Waals surface area contributed by atoms with Crippen LogP contribution in [0.1, 0.15) is 162 Å². The van der Waals surface area contributed by atoms with Gasteiger partial charge in [-0.3, -0.25) is 14.4 Å². The highest BCUT2D eigenvalue weighted by Gasteiger charge is 2.19. The van der Waals surface area contributed by atoms with Gasteiger partial charge in [0.15, 0.2) is 6.10 Å². The molecule has 1 unspecified atom stereocenters. The van der Waals surface area contributed by atoms with Gasteiger partial charge in [0.2, 0.25) is 0 Å². The number of hydrogen-bond donors (Lipinski definition) is 0. The third-order valence-corrected chi connectivity index (χ3v) is 8.88. The summed E-state index contributed by atoms with van der Waals surface area (Å²) < 4.78 is 16.6. The van der Waals surface area contributed by atoms with E-state index in [0.717, 1.165) is 122 Å². The molecule has 0 N–H and O–H groups in total. The zero-order valence-corrected chi connectivity index (χ0v) is 37.2. The van der Waals surface area contributed by atoms with Crippen LogP contribution in [0.3, 0.4) is 0 Å². The van der Waals surface area contributed by atoms with Crippen LogP contribution in [-0.4, -0.2) is 37.2 Å². The minimum atomic E-state index is -0.818. The Hall–Kier alpha value is -4.45. The highest BCUT2D eigenvalue weighted by Crippen LogP contribution is 2.12. The Labute approximate surface area is 360 Å². The number of unbranched alkanes of at least 4 members (excludes halogenated alkanes) is 13. The Balaban J connectivity index is 4.57. The molecule has 6 heteroatoms. The lowest BCUT2D eigenvalue weighted by Crippen LogP contribution is -2.30. The van der Waals surface area contributed by atoms with Crippen LogP contribution >= 0.6 is 0 Å². The van der Waals surface area contributed by atoms with Gasteiger partial charge in [-0.15, -0.1) is 0 Å². The number of carbonyl (C=O) groups excluding carboxylic acids is 3. The molecular formula is C53H80O6. The molecule has 1 atom stereocenters. The molecule has 0 spiro atoms. The molecule has 0 saturated heterocycles. The van der Waals surface area contributed by atoms with Crippen molar-refractivity contribution in [3.63, 3.8) is 0 Å². The van der Waals surface area contributed by atoms with Crippen molar-refractivity contribution in [1.29, 1.82) is 0 Å². The first-order valence-electron chi connectivity index (χ1n) is 22.8. The van der Waals surface area contributed by atoms with Gasteiger partial charge in [-0.25, -0.2) is 0 Å². The maximum Gasteiger partial charge on any atom is 0.306 e. The Morgan fingerprint density at radius 1 is 0.339 bits per heavy atom. The van der Waals surface area contributed by atoms with Gasteiger partial charge in [-0.1, -0.05) is 199 Å². The summed E-state index contributed by atoms with van der Waals surface area (Å²) in [5.41, 5.74) is 0. The van der Waals surface area contributed by atoms with E-state index in [4.69, 9.17) is 14.2 Å². The van der Waals surface area contributed by atoms with E-state index in [1.54, 1.807) is 0 Å². The number of carbonyl (C=O) groups is 3. The summed E-state index contributed by atoms with van der Waals surface area (Å²) in [6.45, 7) is 6.11. The predicted molar refractivity (Wildman–Crippen MR) is 251 cm³/mol. The highest BCUT2D eigenvalue weighted by atomic mass is 16.6. The standard InChI is InChI=1S/C53H80O6/c1-4-7-10-13-16-19-22-25-26-29-31-34-37-40-43-46-52(55)58-49-50(59-53(56)47-44-41-38-35-32-28-24-21-18-15-12-9-6-3)48-57-51(54)45-42-39-36-33-30-27-23-20-17-14-11-8-5-2/h7-26,29,31,50H,4-6,27-28,30,32-49H2,1-3H3/b10-7+,11-8+,12-9+,16-13+,17-14+,18-15+,22-19+,23-20+,24-21+,26-25+,31-29+. The number of esters is 3. The Kier molecular flexibility index (Phi) is 42.8. The monoisotopic (exact) mass is 813 g/mol. The molecule has 0 aliphatic rings. The molecule has 0 fully saturated rings. The molecule has 0 heterocycles. The molecule has 0 aromatic carbocycles. The molecule has 0 aliphatic heterocycles. The zero-order valence-electron chi connectivity index (χ0n) is 37.2. The van der Waals surface area contributed by atoms with Crippen LogP contribution in [0.4, 0.5) is 0 Å². The fourth-order valence-corrected chi connectivity index (χ4v) is 5.52. The number of hydrogen-bond acceptors (Lipinski definition) is 6. The molecular weight excluding hydrogens is 733 g/mol. The fraction of sp³-hybridized carbons (Fsp3) is 0.528. The molecule has 0 rings (SSSR count). The van der Waals surface area contributed by atoms with Crippen molar-refractivity contribution in [2.75, 3.05) is 13.2 Å². The van der Waals surface area contributed by atoms with E-state index in [0.29, 0.717) is 12.8 Å². The molecule has 0 amide bonds. The minimum absolute atomic E-state index is 0.117. The van der Waals surface area contributed by atoms with Gasteiger partial charge in [-0.2, -0.15) is 0 Å². The molecule has 6 nitrogen and oxygen atoms in total. The molecule has 0 saturated carbocycles. The molecule has 0 aromatic rings. The van der Waals surface area contributed by atoms with Crippen LogP contribution in [-0.2, 0) is 28.6 Å². The van der Waals surface area contributed by atoms with Crippen molar-refractivity contribution in [3.8, 4) is 0 Å². The number of ether oxygens (including phenoxy) is 3. The van der Waals surface area contributed by atoms with Crippen LogP contribution in [0.15, 0.2) is 134 Å². The Morgan fingerprint density at radius 3 is 0.966 bits per heavy atom. The first-order chi connectivity index (χ1) is 29.0. The summed E-state index contributed by atoms with van der Waals surface area (Å²) in [5, 5.41) is 0. The average molecular weight is 813 g/mol. The van der Waals surface area contributed by atoms with Crippen LogP contribution in [0, 0.1) is 0 Å². The second-order valence-electron chi connectivity index (χ2n) is 14.4. The first kappa shape index (κ1) is 54.6. The van der Waals surface area contributed by atoms with Crippen LogP contribution in [0.5, 0.6) is 0 Å². The smallest absolute Gasteiger partial charge is 0.306 e. The van der Waals surface area contributed by atoms with Crippen LogP contribution in [0.25, 0.3) is 0 Å². The van der Waals surface area contributed by atoms with Gasteiger partial charge in [0.1, 0.15) is 13.2 Å². The first-order valence-corrected chi connectivity index (χ1v) is 22.8. The van der Waals surface area contributed by atoms with Crippen LogP contribution < -0.4 is 0 Å². The van der Waals surface area contributed by atoms with Gasteiger partial charge < -0.3 is 14.2 Å². The molecule has 328 valence electrons. The topological polar surface area (TPSA) is 78.9 Å². The summed E-state index contributed by atoms with van der Waals surface area (Å²) in [6.07, 6.45) is 64.3. The second-order valence-corrected chi connectivity index (χ2v) is 14.4. The maximum atomic E-state index is 12.7. The SMILES string of the molecule is CC/C=C/C=C/C=C/C=C/C=C/CCCCCC(=O)OCC(COC(=O)CCCCCCC/C=C/C=C/C=C/CC)OC(=O)CCCCCCC/C=C/C=C/C=C/CC. The Morgan fingerprint density at radius 2 is 0.610 bits per heavy atom. The summed E-state index contributed by atoms with van der Waals surface area (Å²) >= 11 is 0. The van der Waals surface area contributed by atoms with Crippen molar-refractivity contribution in [1.82, 2.24) is 0 Å². The third-order valence-electron chi connectivity index (χ3n) is 8.88. The largest absolute Gasteiger partial charge is 0.462 e. The van der Waals surface area contributed by atoms with Crippen LogP contribution in [0.2, 0.25) is 0 Å². The van der Waals surface area contributed by atoms with E-state index in [2.05, 4.69) is 93.7 Å². The molecule has 0 aromatic heterocycles. The fourth-order valence-electron chi connectivity index (χ4n) is 5.52. The molecule has 0 bridgehead atoms. The van der Waals surface area contributed by atoms with E-state index >= 15 is 0 Å². The summed E-state index contributed by atoms with van der Waals surface area (Å²) in [5.74, 6) is -1.02. The van der Waals surface area contributed by atoms with Gasteiger partial charge in [0, 0.05) is 19.3 Å². The quantitative estimate of drug-likeness (QED) is 0.0267. The van der Waals surface area contributed by atoms with E-state index in [9.17, 15) is 14.4 Å². The summed E-state index contributed by atoms with van der Waals surface area (Å²) in [7, 11) is 0. The zero-order chi connectivity index (χ0) is 43.0. The summed E-state index contributed by atoms with van der Waals surface area (Å²) in [4.78, 5) is 37.8. The maximum absolute atomic E-state index is 12.7. The van der Waals surface area contributed by atoms with Gasteiger partial charge >= 0.3 is 17.9 Å². The van der Waals surface area contributed by atoms with E-state index in [-0.39, 0.29) is 37.5 Å². The van der Waals surface area contributed by atoms with E-state index < -0.39 is 6.10 Å². The lowest BCUT2D eigenvalue weighted by atomic mass is 10.1. The molecule has 59 heavy (non-hydrogen) atoms. The van der Waals surface area contributed by atoms with Gasteiger partial charge in [-0.05, 0) is 77.0 Å². The van der Waals surface area contributed by atoms with Crippen molar-refractivity contribution in [3.05, 3.63) is 134 Å². The summed E-state index contributed by atoms with van der Waals surface area (Å²) in [6, 6.07) is 0. The second kappa shape index (κ2) is 46.2. The number of allylic oxidation sites excluding steroid dienone is 22. The van der Waals surface area contributed by atoms with Gasteiger partial charge in [0.25, 0.3) is 0 Å². The highest BCUT2D eigenvalue weighted by molar-refractivity contribution is 5.71. The normalized spacial score (nSPS) is 13.3. The third kappa shape index (κ3) is 44.5. The van der Waals surface area contributed by atoms with E-state index in [1.807, 2.05) is 60.8 Å². The molecule has 0 radical (unpaired) electrons. The van der Waals surface area contributed by atoms with Crippen molar-refractivity contribution in [2.45, 2.75) is 168 Å². The predicted octanol–water partition coefficient (Wildman–Crippen LogP) is 14.7. The van der Waals surface area contributed by atoms with Crippen molar-refractivity contribution < 1.29 is 28.6 Å². The Bertz CT molecular complexity index is 1350. The average Bonchev–Trinajstić information content (AvgIpc) is 3.23. The van der Waals surface area contributed by atoms with Crippen molar-refractivity contribution in [2.24, 2.45) is 0 Å². The lowest BCUT2D eigenvalue weighted by molar-refractivity contribution is -0.167.